The predicted molar refractivity (Wildman–Crippen MR) is 70.2 cm³/mol. The molecule has 0 bridgehead atoms. The number of aromatic nitrogens is 2. The van der Waals surface area contributed by atoms with Crippen LogP contribution in [0.3, 0.4) is 0 Å². The third-order valence-corrected chi connectivity index (χ3v) is 3.36. The molecule has 5 nitrogen and oxygen atoms in total. The SMILES string of the molecule is Cc1cnn(CCNC(=O)CC2CCNCC2)c1. The minimum absolute atomic E-state index is 0.172. The molecule has 0 aliphatic carbocycles. The zero-order valence-corrected chi connectivity index (χ0v) is 11.0. The molecule has 0 unspecified atom stereocenters. The number of nitrogens with zero attached hydrogens (tertiary/aromatic N) is 2. The van der Waals surface area contributed by atoms with Gasteiger partial charge in [-0.05, 0) is 44.3 Å². The van der Waals surface area contributed by atoms with E-state index in [1.807, 2.05) is 24.0 Å². The van der Waals surface area contributed by atoms with Gasteiger partial charge in [-0.1, -0.05) is 0 Å². The first-order valence-electron chi connectivity index (χ1n) is 6.70. The summed E-state index contributed by atoms with van der Waals surface area (Å²) in [7, 11) is 0. The largest absolute Gasteiger partial charge is 0.354 e. The first-order valence-corrected chi connectivity index (χ1v) is 6.70. The highest BCUT2D eigenvalue weighted by Crippen LogP contribution is 2.15. The van der Waals surface area contributed by atoms with Crippen molar-refractivity contribution in [2.45, 2.75) is 32.7 Å². The van der Waals surface area contributed by atoms with Crippen molar-refractivity contribution in [3.05, 3.63) is 18.0 Å². The second-order valence-corrected chi connectivity index (χ2v) is 5.03. The Labute approximate surface area is 108 Å². The predicted octanol–water partition coefficient (Wildman–Crippen LogP) is 0.697. The fourth-order valence-corrected chi connectivity index (χ4v) is 2.32. The summed E-state index contributed by atoms with van der Waals surface area (Å²) in [5.41, 5.74) is 1.15. The first kappa shape index (κ1) is 13.1. The van der Waals surface area contributed by atoms with Gasteiger partial charge in [0.15, 0.2) is 0 Å². The maximum atomic E-state index is 11.7. The standard InChI is InChI=1S/C13H22N4O/c1-11-9-16-17(10-11)7-6-15-13(18)8-12-2-4-14-5-3-12/h9-10,12,14H,2-8H2,1H3,(H,15,18). The summed E-state index contributed by atoms with van der Waals surface area (Å²) in [6.45, 7) is 5.50. The molecule has 1 aliphatic heterocycles. The average Bonchev–Trinajstić information content (AvgIpc) is 2.76. The maximum Gasteiger partial charge on any atom is 0.220 e. The molecular formula is C13H22N4O. The van der Waals surface area contributed by atoms with Gasteiger partial charge in [0.1, 0.15) is 0 Å². The van der Waals surface area contributed by atoms with E-state index < -0.39 is 0 Å². The summed E-state index contributed by atoms with van der Waals surface area (Å²) in [4.78, 5) is 11.7. The Morgan fingerprint density at radius 2 is 2.33 bits per heavy atom. The van der Waals surface area contributed by atoms with Crippen molar-refractivity contribution in [1.82, 2.24) is 20.4 Å². The molecule has 1 aliphatic rings. The van der Waals surface area contributed by atoms with Crippen molar-refractivity contribution in [2.24, 2.45) is 5.92 Å². The number of aryl methyl sites for hydroxylation is 1. The summed E-state index contributed by atoms with van der Waals surface area (Å²) >= 11 is 0. The van der Waals surface area contributed by atoms with Crippen LogP contribution in [0, 0.1) is 12.8 Å². The van der Waals surface area contributed by atoms with Gasteiger partial charge in [-0.25, -0.2) is 0 Å². The minimum Gasteiger partial charge on any atom is -0.354 e. The van der Waals surface area contributed by atoms with E-state index in [-0.39, 0.29) is 5.91 Å². The topological polar surface area (TPSA) is 59.0 Å². The van der Waals surface area contributed by atoms with Crippen LogP contribution in [0.2, 0.25) is 0 Å². The average molecular weight is 250 g/mol. The van der Waals surface area contributed by atoms with Gasteiger partial charge in [-0.15, -0.1) is 0 Å². The van der Waals surface area contributed by atoms with E-state index in [4.69, 9.17) is 0 Å². The molecule has 18 heavy (non-hydrogen) atoms. The van der Waals surface area contributed by atoms with Crippen molar-refractivity contribution >= 4 is 5.91 Å². The first-order chi connectivity index (χ1) is 8.74. The molecule has 1 aromatic rings. The third-order valence-electron chi connectivity index (χ3n) is 3.36. The normalized spacial score (nSPS) is 16.7. The zero-order valence-electron chi connectivity index (χ0n) is 11.0. The number of carbonyl (C=O) groups excluding carboxylic acids is 1. The van der Waals surface area contributed by atoms with Crippen molar-refractivity contribution < 1.29 is 4.79 Å². The third kappa shape index (κ3) is 4.14. The van der Waals surface area contributed by atoms with E-state index in [1.54, 1.807) is 0 Å². The highest BCUT2D eigenvalue weighted by Gasteiger charge is 2.16. The van der Waals surface area contributed by atoms with Crippen LogP contribution >= 0.6 is 0 Å². The second-order valence-electron chi connectivity index (χ2n) is 5.03. The lowest BCUT2D eigenvalue weighted by Gasteiger charge is -2.21. The second kappa shape index (κ2) is 6.54. The minimum atomic E-state index is 0.172. The molecule has 2 rings (SSSR count). The Hall–Kier alpha value is -1.36. The molecule has 1 saturated heterocycles. The number of piperidine rings is 1. The van der Waals surface area contributed by atoms with Crippen molar-refractivity contribution in [2.75, 3.05) is 19.6 Å². The van der Waals surface area contributed by atoms with Crippen LogP contribution < -0.4 is 10.6 Å². The Balaban J connectivity index is 1.62. The summed E-state index contributed by atoms with van der Waals surface area (Å²) in [5, 5.41) is 10.5. The Morgan fingerprint density at radius 1 is 1.56 bits per heavy atom. The smallest absolute Gasteiger partial charge is 0.220 e. The summed E-state index contributed by atoms with van der Waals surface area (Å²) in [5.74, 6) is 0.726. The van der Waals surface area contributed by atoms with E-state index in [2.05, 4.69) is 15.7 Å². The van der Waals surface area contributed by atoms with Gasteiger partial charge in [0.25, 0.3) is 0 Å². The van der Waals surface area contributed by atoms with E-state index >= 15 is 0 Å². The monoisotopic (exact) mass is 250 g/mol. The fourth-order valence-electron chi connectivity index (χ4n) is 2.32. The number of rotatable bonds is 5. The molecule has 0 atom stereocenters. The van der Waals surface area contributed by atoms with Crippen LogP contribution in [-0.2, 0) is 11.3 Å². The Morgan fingerprint density at radius 3 is 3.00 bits per heavy atom. The molecule has 1 fully saturated rings. The molecule has 0 saturated carbocycles. The van der Waals surface area contributed by atoms with Gasteiger partial charge in [0.05, 0.1) is 12.7 Å². The van der Waals surface area contributed by atoms with Gasteiger partial charge < -0.3 is 10.6 Å². The molecule has 100 valence electrons. The fraction of sp³-hybridized carbons (Fsp3) is 0.692. The number of nitrogens with one attached hydrogen (secondary N) is 2. The van der Waals surface area contributed by atoms with Crippen LogP contribution in [0.5, 0.6) is 0 Å². The van der Waals surface area contributed by atoms with Gasteiger partial charge in [0.2, 0.25) is 5.91 Å². The lowest BCUT2D eigenvalue weighted by Crippen LogP contribution is -2.33. The lowest BCUT2D eigenvalue weighted by atomic mass is 9.94. The molecule has 0 spiro atoms. The molecule has 1 aromatic heterocycles. The zero-order chi connectivity index (χ0) is 12.8. The molecular weight excluding hydrogens is 228 g/mol. The van der Waals surface area contributed by atoms with E-state index in [1.165, 1.54) is 0 Å². The van der Waals surface area contributed by atoms with Crippen molar-refractivity contribution in [1.29, 1.82) is 0 Å². The number of amides is 1. The summed E-state index contributed by atoms with van der Waals surface area (Å²) < 4.78 is 1.86. The Bertz CT molecular complexity index is 382. The van der Waals surface area contributed by atoms with Gasteiger partial charge in [0, 0.05) is 19.2 Å². The summed E-state index contributed by atoms with van der Waals surface area (Å²) in [6, 6.07) is 0. The van der Waals surface area contributed by atoms with Crippen LogP contribution in [0.4, 0.5) is 0 Å². The highest BCUT2D eigenvalue weighted by molar-refractivity contribution is 5.76. The Kier molecular flexibility index (Phi) is 4.75. The molecule has 5 heteroatoms. The number of hydrogen-bond acceptors (Lipinski definition) is 3. The molecule has 2 N–H and O–H groups in total. The van der Waals surface area contributed by atoms with Crippen LogP contribution in [0.1, 0.15) is 24.8 Å². The van der Waals surface area contributed by atoms with Gasteiger partial charge >= 0.3 is 0 Å². The number of hydrogen-bond donors (Lipinski definition) is 2. The van der Waals surface area contributed by atoms with Gasteiger partial charge in [-0.3, -0.25) is 9.48 Å². The van der Waals surface area contributed by atoms with Crippen molar-refractivity contribution in [3.63, 3.8) is 0 Å². The van der Waals surface area contributed by atoms with Crippen LogP contribution in [-0.4, -0.2) is 35.3 Å². The molecule has 1 amide bonds. The number of carbonyl (C=O) groups is 1. The quantitative estimate of drug-likeness (QED) is 0.808. The lowest BCUT2D eigenvalue weighted by molar-refractivity contribution is -0.122. The van der Waals surface area contributed by atoms with E-state index in [0.29, 0.717) is 18.9 Å². The molecule has 0 aromatic carbocycles. The highest BCUT2D eigenvalue weighted by atomic mass is 16.1. The van der Waals surface area contributed by atoms with E-state index in [0.717, 1.165) is 38.0 Å². The summed E-state index contributed by atoms with van der Waals surface area (Å²) in [6.07, 6.45) is 6.72. The van der Waals surface area contributed by atoms with Crippen LogP contribution in [0.15, 0.2) is 12.4 Å². The van der Waals surface area contributed by atoms with Crippen molar-refractivity contribution in [3.8, 4) is 0 Å². The van der Waals surface area contributed by atoms with Crippen LogP contribution in [0.25, 0.3) is 0 Å². The molecule has 0 radical (unpaired) electrons. The van der Waals surface area contributed by atoms with Gasteiger partial charge in [-0.2, -0.15) is 5.10 Å². The van der Waals surface area contributed by atoms with E-state index in [9.17, 15) is 4.79 Å². The maximum absolute atomic E-state index is 11.7. The molecule has 2 heterocycles.